The number of carbonyl (C=O) groups is 2. The lowest BCUT2D eigenvalue weighted by atomic mass is 10.1. The molecule has 2 amide bonds. The van der Waals surface area contributed by atoms with Gasteiger partial charge in [-0.15, -0.1) is 11.3 Å². The Balaban J connectivity index is 2.06. The van der Waals surface area contributed by atoms with Crippen molar-refractivity contribution in [2.45, 2.75) is 20.3 Å². The molecule has 6 heteroatoms. The van der Waals surface area contributed by atoms with Crippen LogP contribution in [0.5, 0.6) is 0 Å². The van der Waals surface area contributed by atoms with Crippen LogP contribution in [0.1, 0.15) is 34.1 Å². The van der Waals surface area contributed by atoms with Gasteiger partial charge in [0.2, 0.25) is 0 Å². The van der Waals surface area contributed by atoms with E-state index in [0.29, 0.717) is 25.3 Å². The van der Waals surface area contributed by atoms with Gasteiger partial charge in [0.25, 0.3) is 11.8 Å². The van der Waals surface area contributed by atoms with Gasteiger partial charge in [-0.2, -0.15) is 0 Å². The summed E-state index contributed by atoms with van der Waals surface area (Å²) in [6.45, 7) is 5.59. The van der Waals surface area contributed by atoms with E-state index in [1.54, 1.807) is 18.2 Å². The van der Waals surface area contributed by atoms with Gasteiger partial charge in [0, 0.05) is 30.2 Å². The molecular weight excluding hydrogens is 348 g/mol. The van der Waals surface area contributed by atoms with Gasteiger partial charge in [-0.1, -0.05) is 23.8 Å². The number of carbonyl (C=O) groups excluding carboxylic acids is 2. The Morgan fingerprint density at radius 2 is 2.08 bits per heavy atom. The molecule has 0 saturated heterocycles. The molecule has 1 heterocycles. The molecule has 2 aromatic rings. The molecule has 2 rings (SSSR count). The third kappa shape index (κ3) is 6.46. The number of rotatable bonds is 9. The summed E-state index contributed by atoms with van der Waals surface area (Å²) in [5.74, 6) is -0.614. The van der Waals surface area contributed by atoms with Crippen LogP contribution in [0.4, 0.5) is 0 Å². The zero-order valence-electron chi connectivity index (χ0n) is 15.1. The maximum Gasteiger partial charge on any atom is 0.267 e. The second kappa shape index (κ2) is 10.5. The summed E-state index contributed by atoms with van der Waals surface area (Å²) < 4.78 is 5.26. The summed E-state index contributed by atoms with van der Waals surface area (Å²) in [4.78, 5) is 25.9. The number of ether oxygens (including phenoxy) is 1. The number of thiophene rings is 1. The van der Waals surface area contributed by atoms with Crippen LogP contribution in [0.25, 0.3) is 6.08 Å². The number of nitrogens with one attached hydrogen (secondary N) is 2. The molecule has 5 nitrogen and oxygen atoms in total. The van der Waals surface area contributed by atoms with Gasteiger partial charge in [0.15, 0.2) is 0 Å². The Morgan fingerprint density at radius 1 is 1.23 bits per heavy atom. The van der Waals surface area contributed by atoms with E-state index in [2.05, 4.69) is 10.6 Å². The van der Waals surface area contributed by atoms with Crippen molar-refractivity contribution in [2.75, 3.05) is 19.8 Å². The largest absolute Gasteiger partial charge is 0.382 e. The van der Waals surface area contributed by atoms with Crippen LogP contribution in [-0.4, -0.2) is 31.6 Å². The van der Waals surface area contributed by atoms with Crippen LogP contribution in [0, 0.1) is 6.92 Å². The van der Waals surface area contributed by atoms with Gasteiger partial charge in [-0.05, 0) is 49.9 Å². The van der Waals surface area contributed by atoms with Crippen LogP contribution < -0.4 is 10.6 Å². The predicted molar refractivity (Wildman–Crippen MR) is 105 cm³/mol. The van der Waals surface area contributed by atoms with E-state index < -0.39 is 0 Å². The molecule has 0 aliphatic heterocycles. The lowest BCUT2D eigenvalue weighted by molar-refractivity contribution is -0.117. The van der Waals surface area contributed by atoms with Gasteiger partial charge in [-0.25, -0.2) is 0 Å². The normalized spacial score (nSPS) is 11.2. The van der Waals surface area contributed by atoms with Crippen LogP contribution in [-0.2, 0) is 9.53 Å². The first-order valence-corrected chi connectivity index (χ1v) is 9.47. The molecule has 0 aliphatic rings. The van der Waals surface area contributed by atoms with Crippen LogP contribution >= 0.6 is 11.3 Å². The third-order valence-corrected chi connectivity index (χ3v) is 4.38. The van der Waals surface area contributed by atoms with Gasteiger partial charge in [-0.3, -0.25) is 9.59 Å². The lowest BCUT2D eigenvalue weighted by Crippen LogP contribution is -2.35. The molecule has 0 saturated carbocycles. The molecule has 0 bridgehead atoms. The molecule has 26 heavy (non-hydrogen) atoms. The van der Waals surface area contributed by atoms with E-state index in [1.807, 2.05) is 43.5 Å². The number of aryl methyl sites for hydroxylation is 1. The third-order valence-electron chi connectivity index (χ3n) is 3.56. The number of amides is 2. The Bertz CT molecular complexity index is 754. The Hall–Kier alpha value is -2.44. The highest BCUT2D eigenvalue weighted by Gasteiger charge is 2.14. The molecule has 138 valence electrons. The Labute approximate surface area is 158 Å². The monoisotopic (exact) mass is 372 g/mol. The van der Waals surface area contributed by atoms with Crippen molar-refractivity contribution in [2.24, 2.45) is 0 Å². The first-order chi connectivity index (χ1) is 12.6. The standard InChI is InChI=1S/C20H24N2O3S/c1-3-25-11-6-10-21-20(24)18(14-17-9-5-12-26-17)22-19(23)16-8-4-7-15(2)13-16/h4-5,7-9,12-14H,3,6,10-11H2,1-2H3,(H,21,24)(H,22,23)/b18-14-. The summed E-state index contributed by atoms with van der Waals surface area (Å²) in [5, 5.41) is 7.48. The van der Waals surface area contributed by atoms with Gasteiger partial charge < -0.3 is 15.4 Å². The van der Waals surface area contributed by atoms with E-state index in [0.717, 1.165) is 16.9 Å². The second-order valence-electron chi connectivity index (χ2n) is 5.70. The van der Waals surface area contributed by atoms with E-state index in [-0.39, 0.29) is 17.5 Å². The Kier molecular flexibility index (Phi) is 8.05. The minimum Gasteiger partial charge on any atom is -0.382 e. The van der Waals surface area contributed by atoms with Crippen molar-refractivity contribution >= 4 is 29.2 Å². The topological polar surface area (TPSA) is 67.4 Å². The SMILES string of the molecule is CCOCCCNC(=O)/C(=C/c1cccs1)NC(=O)c1cccc(C)c1. The van der Waals surface area contributed by atoms with E-state index in [4.69, 9.17) is 4.74 Å². The highest BCUT2D eigenvalue weighted by Crippen LogP contribution is 2.13. The molecule has 0 unspecified atom stereocenters. The van der Waals surface area contributed by atoms with Crippen molar-refractivity contribution in [1.82, 2.24) is 10.6 Å². The first-order valence-electron chi connectivity index (χ1n) is 8.59. The molecule has 1 aromatic heterocycles. The first kappa shape index (κ1) is 19.9. The number of hydrogen-bond donors (Lipinski definition) is 2. The Morgan fingerprint density at radius 3 is 2.77 bits per heavy atom. The van der Waals surface area contributed by atoms with Gasteiger partial charge >= 0.3 is 0 Å². The van der Waals surface area contributed by atoms with Crippen molar-refractivity contribution in [3.8, 4) is 0 Å². The fraction of sp³-hybridized carbons (Fsp3) is 0.300. The van der Waals surface area contributed by atoms with Crippen LogP contribution in [0.2, 0.25) is 0 Å². The van der Waals surface area contributed by atoms with Crippen molar-refractivity contribution in [3.63, 3.8) is 0 Å². The molecule has 0 fully saturated rings. The summed E-state index contributed by atoms with van der Waals surface area (Å²) in [7, 11) is 0. The quantitative estimate of drug-likeness (QED) is 0.524. The summed E-state index contributed by atoms with van der Waals surface area (Å²) in [5.41, 5.74) is 1.74. The van der Waals surface area contributed by atoms with Gasteiger partial charge in [0.05, 0.1) is 0 Å². The molecule has 0 atom stereocenters. The summed E-state index contributed by atoms with van der Waals surface area (Å²) >= 11 is 1.50. The summed E-state index contributed by atoms with van der Waals surface area (Å²) in [6, 6.07) is 11.1. The van der Waals surface area contributed by atoms with Crippen LogP contribution in [0.3, 0.4) is 0 Å². The molecule has 0 radical (unpaired) electrons. The minimum atomic E-state index is -0.309. The van der Waals surface area contributed by atoms with Crippen molar-refractivity contribution in [3.05, 3.63) is 63.5 Å². The maximum atomic E-state index is 12.5. The zero-order chi connectivity index (χ0) is 18.8. The smallest absolute Gasteiger partial charge is 0.267 e. The van der Waals surface area contributed by atoms with Crippen LogP contribution in [0.15, 0.2) is 47.5 Å². The fourth-order valence-corrected chi connectivity index (χ4v) is 2.93. The molecular formula is C20H24N2O3S. The zero-order valence-corrected chi connectivity index (χ0v) is 15.9. The lowest BCUT2D eigenvalue weighted by Gasteiger charge is -2.11. The molecule has 1 aromatic carbocycles. The average Bonchev–Trinajstić information content (AvgIpc) is 3.14. The van der Waals surface area contributed by atoms with E-state index in [1.165, 1.54) is 11.3 Å². The van der Waals surface area contributed by atoms with E-state index in [9.17, 15) is 9.59 Å². The maximum absolute atomic E-state index is 12.5. The second-order valence-corrected chi connectivity index (χ2v) is 6.68. The highest BCUT2D eigenvalue weighted by molar-refractivity contribution is 7.10. The summed E-state index contributed by atoms with van der Waals surface area (Å²) in [6.07, 6.45) is 2.41. The minimum absolute atomic E-state index is 0.232. The molecule has 0 aliphatic carbocycles. The van der Waals surface area contributed by atoms with Crippen molar-refractivity contribution < 1.29 is 14.3 Å². The average molecular weight is 372 g/mol. The van der Waals surface area contributed by atoms with E-state index >= 15 is 0 Å². The van der Waals surface area contributed by atoms with Crippen molar-refractivity contribution in [1.29, 1.82) is 0 Å². The molecule has 0 spiro atoms. The predicted octanol–water partition coefficient (Wildman–Crippen LogP) is 3.37. The molecule has 2 N–H and O–H groups in total. The number of benzene rings is 1. The number of hydrogen-bond acceptors (Lipinski definition) is 4. The highest BCUT2D eigenvalue weighted by atomic mass is 32.1. The van der Waals surface area contributed by atoms with Gasteiger partial charge in [0.1, 0.15) is 5.70 Å². The fourth-order valence-electron chi connectivity index (χ4n) is 2.27.